The topological polar surface area (TPSA) is 59.0 Å². The number of likely N-dealkylation sites (N-methyl/N-ethyl adjacent to an activating group) is 1. The van der Waals surface area contributed by atoms with Crippen molar-refractivity contribution in [1.29, 1.82) is 0 Å². The smallest absolute Gasteiger partial charge is 0.325 e. The molecule has 1 aromatic carbocycles. The monoisotopic (exact) mass is 267 g/mol. The van der Waals surface area contributed by atoms with Gasteiger partial charge in [-0.1, -0.05) is 13.0 Å². The van der Waals surface area contributed by atoms with E-state index < -0.39 is 12.0 Å². The van der Waals surface area contributed by atoms with Crippen molar-refractivity contribution in [3.05, 3.63) is 23.8 Å². The molecule has 1 aromatic rings. The molecular formula is C14H21NO4. The van der Waals surface area contributed by atoms with Crippen LogP contribution in [-0.4, -0.2) is 43.8 Å². The summed E-state index contributed by atoms with van der Waals surface area (Å²) in [5.41, 5.74) is 0.665. The number of hydrogen-bond donors (Lipinski definition) is 1. The molecule has 0 radical (unpaired) electrons. The first-order chi connectivity index (χ1) is 9.01. The summed E-state index contributed by atoms with van der Waals surface area (Å²) < 4.78 is 10.8. The van der Waals surface area contributed by atoms with Crippen molar-refractivity contribution in [3.8, 4) is 11.5 Å². The Morgan fingerprint density at radius 2 is 2.05 bits per heavy atom. The van der Waals surface area contributed by atoms with Crippen LogP contribution in [0.4, 0.5) is 0 Å². The van der Waals surface area contributed by atoms with Crippen LogP contribution in [0.5, 0.6) is 11.5 Å². The van der Waals surface area contributed by atoms with Crippen LogP contribution in [0, 0.1) is 0 Å². The largest absolute Gasteiger partial charge is 0.493 e. The number of carboxylic acid groups (broad SMARTS) is 1. The fourth-order valence-corrected chi connectivity index (χ4v) is 1.85. The molecule has 0 amide bonds. The summed E-state index contributed by atoms with van der Waals surface area (Å²) >= 11 is 0. The number of ether oxygens (including phenoxy) is 2. The molecule has 0 saturated heterocycles. The first-order valence-electron chi connectivity index (χ1n) is 6.21. The van der Waals surface area contributed by atoms with E-state index in [0.717, 1.165) is 6.42 Å². The maximum absolute atomic E-state index is 11.3. The van der Waals surface area contributed by atoms with Crippen LogP contribution in [0.15, 0.2) is 18.2 Å². The van der Waals surface area contributed by atoms with Crippen molar-refractivity contribution in [2.24, 2.45) is 0 Å². The van der Waals surface area contributed by atoms with E-state index in [1.54, 1.807) is 44.3 Å². The fourth-order valence-electron chi connectivity index (χ4n) is 1.85. The standard InChI is InChI=1S/C14H21NO4/c1-5-8-19-11-7-6-10(9-12(11)18-4)13(14(16)17)15(2)3/h6-7,9,13H,5,8H2,1-4H3,(H,16,17). The van der Waals surface area contributed by atoms with Gasteiger partial charge in [0.05, 0.1) is 13.7 Å². The third-order valence-corrected chi connectivity index (χ3v) is 2.72. The molecule has 0 saturated carbocycles. The highest BCUT2D eigenvalue weighted by atomic mass is 16.5. The predicted molar refractivity (Wildman–Crippen MR) is 72.8 cm³/mol. The number of benzene rings is 1. The molecule has 0 aliphatic rings. The predicted octanol–water partition coefficient (Wildman–Crippen LogP) is 2.17. The lowest BCUT2D eigenvalue weighted by Gasteiger charge is -2.21. The minimum atomic E-state index is -0.894. The van der Waals surface area contributed by atoms with Gasteiger partial charge < -0.3 is 14.6 Å². The average Bonchev–Trinajstić information content (AvgIpc) is 2.36. The summed E-state index contributed by atoms with van der Waals surface area (Å²) in [5, 5.41) is 9.26. The molecule has 106 valence electrons. The molecule has 0 spiro atoms. The lowest BCUT2D eigenvalue weighted by Crippen LogP contribution is -2.27. The average molecular weight is 267 g/mol. The van der Waals surface area contributed by atoms with Gasteiger partial charge in [-0.3, -0.25) is 9.69 Å². The van der Waals surface area contributed by atoms with Crippen LogP contribution in [0.2, 0.25) is 0 Å². The van der Waals surface area contributed by atoms with E-state index >= 15 is 0 Å². The second-order valence-electron chi connectivity index (χ2n) is 4.46. The fraction of sp³-hybridized carbons (Fsp3) is 0.500. The molecule has 0 fully saturated rings. The van der Waals surface area contributed by atoms with Crippen LogP contribution >= 0.6 is 0 Å². The molecule has 5 heteroatoms. The number of aliphatic carboxylic acids is 1. The Kier molecular flexibility index (Phi) is 5.63. The zero-order valence-electron chi connectivity index (χ0n) is 11.8. The van der Waals surface area contributed by atoms with Crippen LogP contribution in [-0.2, 0) is 4.79 Å². The summed E-state index contributed by atoms with van der Waals surface area (Å²) in [4.78, 5) is 12.9. The van der Waals surface area contributed by atoms with Crippen molar-refractivity contribution in [3.63, 3.8) is 0 Å². The van der Waals surface area contributed by atoms with Crippen LogP contribution in [0.25, 0.3) is 0 Å². The summed E-state index contributed by atoms with van der Waals surface area (Å²) in [5.74, 6) is 0.296. The summed E-state index contributed by atoms with van der Waals surface area (Å²) in [6.45, 7) is 2.62. The normalized spacial score (nSPS) is 12.3. The molecule has 1 rings (SSSR count). The second kappa shape index (κ2) is 6.99. The Morgan fingerprint density at radius 1 is 1.37 bits per heavy atom. The molecule has 0 aliphatic heterocycles. The first-order valence-corrected chi connectivity index (χ1v) is 6.21. The Labute approximate surface area is 113 Å². The van der Waals surface area contributed by atoms with E-state index in [-0.39, 0.29) is 0 Å². The highest BCUT2D eigenvalue weighted by Crippen LogP contribution is 2.31. The number of rotatable bonds is 7. The Bertz CT molecular complexity index is 431. The molecule has 1 atom stereocenters. The minimum Gasteiger partial charge on any atom is -0.493 e. The van der Waals surface area contributed by atoms with Crippen LogP contribution in [0.1, 0.15) is 24.9 Å². The van der Waals surface area contributed by atoms with Crippen molar-refractivity contribution in [2.45, 2.75) is 19.4 Å². The second-order valence-corrected chi connectivity index (χ2v) is 4.46. The molecule has 1 N–H and O–H groups in total. The Balaban J connectivity index is 3.07. The van der Waals surface area contributed by atoms with E-state index in [2.05, 4.69) is 0 Å². The molecule has 19 heavy (non-hydrogen) atoms. The van der Waals surface area contributed by atoms with E-state index in [0.29, 0.717) is 23.7 Å². The van der Waals surface area contributed by atoms with Gasteiger partial charge in [0.1, 0.15) is 6.04 Å². The van der Waals surface area contributed by atoms with Crippen molar-refractivity contribution >= 4 is 5.97 Å². The molecule has 1 unspecified atom stereocenters. The molecular weight excluding hydrogens is 246 g/mol. The number of nitrogens with zero attached hydrogens (tertiary/aromatic N) is 1. The van der Waals surface area contributed by atoms with Crippen molar-refractivity contribution in [1.82, 2.24) is 4.90 Å². The SMILES string of the molecule is CCCOc1ccc(C(C(=O)O)N(C)C)cc1OC. The lowest BCUT2D eigenvalue weighted by molar-refractivity contribution is -0.142. The Morgan fingerprint density at radius 3 is 2.53 bits per heavy atom. The maximum Gasteiger partial charge on any atom is 0.325 e. The zero-order chi connectivity index (χ0) is 14.4. The summed E-state index contributed by atoms with van der Waals surface area (Å²) in [7, 11) is 5.00. The minimum absolute atomic E-state index is 0.555. The van der Waals surface area contributed by atoms with E-state index in [1.165, 1.54) is 0 Å². The molecule has 0 heterocycles. The lowest BCUT2D eigenvalue weighted by atomic mass is 10.1. The Hall–Kier alpha value is -1.75. The zero-order valence-corrected chi connectivity index (χ0v) is 11.8. The molecule has 5 nitrogen and oxygen atoms in total. The van der Waals surface area contributed by atoms with Gasteiger partial charge in [-0.2, -0.15) is 0 Å². The summed E-state index contributed by atoms with van der Waals surface area (Å²) in [6.07, 6.45) is 0.903. The van der Waals surface area contributed by atoms with Gasteiger partial charge >= 0.3 is 5.97 Å². The third kappa shape index (κ3) is 3.86. The number of methoxy groups -OCH3 is 1. The van der Waals surface area contributed by atoms with Gasteiger partial charge in [-0.05, 0) is 38.2 Å². The first kappa shape index (κ1) is 15.3. The van der Waals surface area contributed by atoms with Gasteiger partial charge in [0.25, 0.3) is 0 Å². The van der Waals surface area contributed by atoms with E-state index in [1.807, 2.05) is 6.92 Å². The van der Waals surface area contributed by atoms with Gasteiger partial charge in [0, 0.05) is 0 Å². The summed E-state index contributed by atoms with van der Waals surface area (Å²) in [6, 6.07) is 4.52. The highest BCUT2D eigenvalue weighted by molar-refractivity contribution is 5.76. The van der Waals surface area contributed by atoms with Gasteiger partial charge in [-0.15, -0.1) is 0 Å². The van der Waals surface area contributed by atoms with E-state index in [9.17, 15) is 9.90 Å². The quantitative estimate of drug-likeness (QED) is 0.820. The number of hydrogen-bond acceptors (Lipinski definition) is 4. The highest BCUT2D eigenvalue weighted by Gasteiger charge is 2.23. The third-order valence-electron chi connectivity index (χ3n) is 2.72. The van der Waals surface area contributed by atoms with Crippen LogP contribution < -0.4 is 9.47 Å². The van der Waals surface area contributed by atoms with Crippen molar-refractivity contribution < 1.29 is 19.4 Å². The number of carboxylic acids is 1. The van der Waals surface area contributed by atoms with E-state index in [4.69, 9.17) is 9.47 Å². The molecule has 0 aromatic heterocycles. The molecule has 0 bridgehead atoms. The molecule has 0 aliphatic carbocycles. The van der Waals surface area contributed by atoms with Crippen molar-refractivity contribution in [2.75, 3.05) is 27.8 Å². The van der Waals surface area contributed by atoms with Gasteiger partial charge in [0.2, 0.25) is 0 Å². The van der Waals surface area contributed by atoms with Gasteiger partial charge in [0.15, 0.2) is 11.5 Å². The number of carbonyl (C=O) groups is 1. The van der Waals surface area contributed by atoms with Gasteiger partial charge in [-0.25, -0.2) is 0 Å². The van der Waals surface area contributed by atoms with Crippen LogP contribution in [0.3, 0.4) is 0 Å². The maximum atomic E-state index is 11.3.